The minimum Gasteiger partial charge on any atom is -0.398 e. The first kappa shape index (κ1) is 17.0. The normalized spacial score (nSPS) is 12.4. The van der Waals surface area contributed by atoms with E-state index in [0.29, 0.717) is 6.42 Å². The van der Waals surface area contributed by atoms with Crippen molar-refractivity contribution in [2.75, 3.05) is 14.2 Å². The highest BCUT2D eigenvalue weighted by Gasteiger charge is 2.33. The lowest BCUT2D eigenvalue weighted by molar-refractivity contribution is 0.133. The highest BCUT2D eigenvalue weighted by molar-refractivity contribution is 6.67. The molecule has 0 aromatic rings. The predicted octanol–water partition coefficient (Wildman–Crippen LogP) is 4.35. The lowest BCUT2D eigenvalue weighted by Gasteiger charge is -2.27. The van der Waals surface area contributed by atoms with Crippen molar-refractivity contribution in [1.82, 2.24) is 0 Å². The maximum Gasteiger partial charge on any atom is 0.337 e. The monoisotopic (exact) mass is 268 g/mol. The van der Waals surface area contributed by atoms with Crippen molar-refractivity contribution in [3.05, 3.63) is 0 Å². The van der Waals surface area contributed by atoms with E-state index in [2.05, 4.69) is 6.92 Å². The van der Waals surface area contributed by atoms with E-state index < -0.39 is 15.0 Å². The van der Waals surface area contributed by atoms with Crippen LogP contribution in [-0.2, 0) is 8.85 Å². The number of rotatable bonds is 11. The summed E-state index contributed by atoms with van der Waals surface area (Å²) >= 11 is 0. The first-order valence-electron chi connectivity index (χ1n) is 6.48. The molecule has 0 aliphatic carbocycles. The van der Waals surface area contributed by atoms with Gasteiger partial charge in [-0.1, -0.05) is 32.6 Å². The molecule has 17 heavy (non-hydrogen) atoms. The first-order chi connectivity index (χ1) is 8.10. The number of alkyl halides is 2. The summed E-state index contributed by atoms with van der Waals surface area (Å²) in [4.78, 5) is 0. The van der Waals surface area contributed by atoms with E-state index in [-0.39, 0.29) is 6.42 Å². The zero-order valence-electron chi connectivity index (χ0n) is 11.3. The van der Waals surface area contributed by atoms with Crippen LogP contribution < -0.4 is 0 Å². The van der Waals surface area contributed by atoms with Crippen LogP contribution in [0.15, 0.2) is 0 Å². The van der Waals surface area contributed by atoms with E-state index >= 15 is 0 Å². The lowest BCUT2D eigenvalue weighted by atomic mass is 10.2. The molecule has 2 nitrogen and oxygen atoms in total. The summed E-state index contributed by atoms with van der Waals surface area (Å²) in [5.74, 6) is 0. The Bertz CT molecular complexity index is 176. The fourth-order valence-electron chi connectivity index (χ4n) is 2.04. The number of halogens is 2. The van der Waals surface area contributed by atoms with Crippen molar-refractivity contribution >= 4 is 8.56 Å². The Hall–Kier alpha value is -0.00312. The second kappa shape index (κ2) is 9.97. The quantitative estimate of drug-likeness (QED) is 0.410. The van der Waals surface area contributed by atoms with Crippen LogP contribution in [0, 0.1) is 0 Å². The fraction of sp³-hybridized carbons (Fsp3) is 1.00. The van der Waals surface area contributed by atoms with Gasteiger partial charge in [-0.15, -0.1) is 0 Å². The van der Waals surface area contributed by atoms with Crippen molar-refractivity contribution < 1.29 is 17.6 Å². The van der Waals surface area contributed by atoms with E-state index in [1.807, 2.05) is 0 Å². The van der Waals surface area contributed by atoms with Crippen LogP contribution in [0.5, 0.6) is 0 Å². The third-order valence-electron chi connectivity index (χ3n) is 3.10. The smallest absolute Gasteiger partial charge is 0.337 e. The van der Waals surface area contributed by atoms with Gasteiger partial charge in [-0.25, -0.2) is 8.78 Å². The largest absolute Gasteiger partial charge is 0.398 e. The van der Waals surface area contributed by atoms with Crippen molar-refractivity contribution in [3.8, 4) is 0 Å². The molecule has 0 aliphatic rings. The number of hydrogen-bond acceptors (Lipinski definition) is 2. The molecule has 0 saturated heterocycles. The minimum absolute atomic E-state index is 0.0338. The van der Waals surface area contributed by atoms with Crippen LogP contribution in [-0.4, -0.2) is 29.2 Å². The Labute approximate surface area is 105 Å². The second-order valence-electron chi connectivity index (χ2n) is 4.41. The van der Waals surface area contributed by atoms with Crippen LogP contribution >= 0.6 is 0 Å². The van der Waals surface area contributed by atoms with Gasteiger partial charge in [-0.05, 0) is 18.5 Å². The third kappa shape index (κ3) is 7.84. The van der Waals surface area contributed by atoms with Gasteiger partial charge in [0.1, 0.15) is 0 Å². The van der Waals surface area contributed by atoms with Gasteiger partial charge in [0.15, 0.2) is 0 Å². The highest BCUT2D eigenvalue weighted by atomic mass is 28.4. The average molecular weight is 268 g/mol. The number of hydrogen-bond donors (Lipinski definition) is 0. The molecule has 0 spiro atoms. The molecule has 104 valence electrons. The van der Waals surface area contributed by atoms with E-state index in [1.165, 1.54) is 0 Å². The lowest BCUT2D eigenvalue weighted by Crippen LogP contribution is -2.39. The number of unbranched alkanes of at least 4 members (excludes halogenated alkanes) is 3. The molecule has 0 saturated carbocycles. The van der Waals surface area contributed by atoms with Gasteiger partial charge in [0.25, 0.3) is 0 Å². The summed E-state index contributed by atoms with van der Waals surface area (Å²) in [6, 6.07) is 1.99. The molecule has 0 rings (SSSR count). The summed E-state index contributed by atoms with van der Waals surface area (Å²) in [5.41, 5.74) is 0. The van der Waals surface area contributed by atoms with Gasteiger partial charge in [-0.2, -0.15) is 0 Å². The van der Waals surface area contributed by atoms with Crippen LogP contribution in [0.3, 0.4) is 0 Å². The predicted molar refractivity (Wildman–Crippen MR) is 68.8 cm³/mol. The summed E-state index contributed by atoms with van der Waals surface area (Å²) in [6.45, 7) is 2.13. The van der Waals surface area contributed by atoms with Gasteiger partial charge >= 0.3 is 8.56 Å². The van der Waals surface area contributed by atoms with E-state index in [4.69, 9.17) is 8.85 Å². The average Bonchev–Trinajstić information content (AvgIpc) is 2.32. The van der Waals surface area contributed by atoms with Crippen molar-refractivity contribution in [2.24, 2.45) is 0 Å². The molecule has 0 aliphatic heterocycles. The van der Waals surface area contributed by atoms with Crippen molar-refractivity contribution in [1.29, 1.82) is 0 Å². The Kier molecular flexibility index (Phi) is 9.97. The first-order valence-corrected chi connectivity index (χ1v) is 8.71. The molecule has 0 bridgehead atoms. The topological polar surface area (TPSA) is 18.5 Å². The second-order valence-corrected chi connectivity index (χ2v) is 8.05. The SMILES string of the molecule is CCC[Si](CCCCCCC(F)F)(OC)OC. The van der Waals surface area contributed by atoms with Gasteiger partial charge in [0.05, 0.1) is 0 Å². The van der Waals surface area contributed by atoms with E-state index in [9.17, 15) is 8.78 Å². The van der Waals surface area contributed by atoms with E-state index in [0.717, 1.165) is 37.8 Å². The molecular formula is C12H26F2O2Si. The van der Waals surface area contributed by atoms with Crippen molar-refractivity contribution in [2.45, 2.75) is 64.0 Å². The Morgan fingerprint density at radius 1 is 0.941 bits per heavy atom. The Balaban J connectivity index is 3.68. The van der Waals surface area contributed by atoms with Gasteiger partial charge < -0.3 is 8.85 Å². The molecule has 5 heteroatoms. The van der Waals surface area contributed by atoms with E-state index in [1.54, 1.807) is 14.2 Å². The molecule has 0 unspecified atom stereocenters. The molecule has 0 amide bonds. The summed E-state index contributed by atoms with van der Waals surface area (Å²) in [6.07, 6.45) is 2.48. The molecule has 0 aromatic heterocycles. The van der Waals surface area contributed by atoms with Gasteiger partial charge in [-0.3, -0.25) is 0 Å². The molecule has 0 N–H and O–H groups in total. The van der Waals surface area contributed by atoms with Crippen molar-refractivity contribution in [3.63, 3.8) is 0 Å². The third-order valence-corrected chi connectivity index (χ3v) is 6.97. The minimum atomic E-state index is -2.15. The van der Waals surface area contributed by atoms with Gasteiger partial charge in [0, 0.05) is 20.6 Å². The van der Waals surface area contributed by atoms with Gasteiger partial charge in [0.2, 0.25) is 6.43 Å². The molecule has 0 atom stereocenters. The van der Waals surface area contributed by atoms with Crippen LogP contribution in [0.25, 0.3) is 0 Å². The Morgan fingerprint density at radius 3 is 2.00 bits per heavy atom. The molecular weight excluding hydrogens is 242 g/mol. The summed E-state index contributed by atoms with van der Waals surface area (Å²) in [5, 5.41) is 0. The van der Waals surface area contributed by atoms with Crippen LogP contribution in [0.2, 0.25) is 12.1 Å². The maximum atomic E-state index is 11.9. The maximum absolute atomic E-state index is 11.9. The van der Waals surface area contributed by atoms with Crippen LogP contribution in [0.1, 0.15) is 45.4 Å². The molecule has 0 fully saturated rings. The zero-order chi connectivity index (χ0) is 13.1. The summed E-state index contributed by atoms with van der Waals surface area (Å²) < 4.78 is 35.0. The molecule has 0 aromatic carbocycles. The highest BCUT2D eigenvalue weighted by Crippen LogP contribution is 2.23. The standard InChI is InChI=1S/C12H26F2O2Si/c1-4-10-17(15-2,16-3)11-8-6-5-7-9-12(13)14/h12H,4-11H2,1-3H3. The molecule has 0 heterocycles. The molecule has 0 radical (unpaired) electrons. The van der Waals surface area contributed by atoms with Crippen LogP contribution in [0.4, 0.5) is 8.78 Å². The summed E-state index contributed by atoms with van der Waals surface area (Å²) in [7, 11) is 1.48. The Morgan fingerprint density at radius 2 is 1.53 bits per heavy atom. The zero-order valence-corrected chi connectivity index (χ0v) is 12.3. The fourth-order valence-corrected chi connectivity index (χ4v) is 4.83.